The molecule has 11 nitrogen and oxygen atoms in total. The number of carbonyl (C=O) groups is 5. The summed E-state index contributed by atoms with van der Waals surface area (Å²) in [6.45, 7) is 4.74. The fourth-order valence-corrected chi connectivity index (χ4v) is 5.35. The number of nitrogens with zero attached hydrogens (tertiary/aromatic N) is 3. The van der Waals surface area contributed by atoms with E-state index in [1.54, 1.807) is 6.92 Å². The van der Waals surface area contributed by atoms with Gasteiger partial charge in [0, 0.05) is 26.1 Å². The molecule has 0 aromatic carbocycles. The van der Waals surface area contributed by atoms with Gasteiger partial charge in [-0.3, -0.25) is 24.1 Å². The Bertz CT molecular complexity index is 822. The highest BCUT2D eigenvalue weighted by Gasteiger charge is 2.44. The van der Waals surface area contributed by atoms with Crippen LogP contribution in [0.15, 0.2) is 0 Å². The number of aliphatic hydroxyl groups excluding tert-OH is 1. The average molecular weight is 495 g/mol. The van der Waals surface area contributed by atoms with Gasteiger partial charge in [0.25, 0.3) is 0 Å². The Morgan fingerprint density at radius 3 is 2.49 bits per heavy atom. The van der Waals surface area contributed by atoms with Crippen molar-refractivity contribution in [3.8, 4) is 0 Å². The molecule has 35 heavy (non-hydrogen) atoms. The lowest BCUT2D eigenvalue weighted by Gasteiger charge is -2.38. The number of likely N-dealkylation sites (tertiary alicyclic amines) is 3. The minimum atomic E-state index is -0.882. The summed E-state index contributed by atoms with van der Waals surface area (Å²) < 4.78 is 5.34. The number of β-amino-alcohol motifs (C(OH)–C–C–N with tert-alkyl or cyclic N) is 1. The molecule has 0 spiro atoms. The van der Waals surface area contributed by atoms with E-state index >= 15 is 0 Å². The van der Waals surface area contributed by atoms with Gasteiger partial charge in [-0.15, -0.1) is 0 Å². The number of piperidine rings is 1. The van der Waals surface area contributed by atoms with Gasteiger partial charge in [0.05, 0.1) is 18.6 Å². The van der Waals surface area contributed by atoms with Crippen molar-refractivity contribution in [1.29, 1.82) is 0 Å². The normalized spacial score (nSPS) is 30.1. The first kappa shape index (κ1) is 27.1. The van der Waals surface area contributed by atoms with E-state index < -0.39 is 30.1 Å². The van der Waals surface area contributed by atoms with E-state index in [0.717, 1.165) is 19.4 Å². The third-order valence-electron chi connectivity index (χ3n) is 7.14. The Labute approximate surface area is 206 Å². The minimum absolute atomic E-state index is 0.0128. The van der Waals surface area contributed by atoms with Gasteiger partial charge in [0.15, 0.2) is 0 Å². The summed E-state index contributed by atoms with van der Waals surface area (Å²) >= 11 is 0. The molecule has 2 N–H and O–H groups in total. The fourth-order valence-electron chi connectivity index (χ4n) is 5.35. The molecule has 3 aliphatic rings. The van der Waals surface area contributed by atoms with Crippen LogP contribution < -0.4 is 5.32 Å². The Hall–Kier alpha value is -2.53. The van der Waals surface area contributed by atoms with Crippen LogP contribution in [0.1, 0.15) is 52.4 Å². The van der Waals surface area contributed by atoms with E-state index in [9.17, 15) is 29.1 Å². The van der Waals surface area contributed by atoms with E-state index in [1.165, 1.54) is 9.80 Å². The number of aldehydes is 1. The largest absolute Gasteiger partial charge is 0.464 e. The van der Waals surface area contributed by atoms with Gasteiger partial charge in [-0.2, -0.15) is 0 Å². The summed E-state index contributed by atoms with van der Waals surface area (Å²) in [5, 5.41) is 12.8. The second-order valence-corrected chi connectivity index (χ2v) is 10.1. The summed E-state index contributed by atoms with van der Waals surface area (Å²) in [7, 11) is 1.87. The van der Waals surface area contributed by atoms with Crippen LogP contribution in [0.2, 0.25) is 0 Å². The van der Waals surface area contributed by atoms with Crippen molar-refractivity contribution in [1.82, 2.24) is 20.0 Å². The molecule has 0 bridgehead atoms. The molecule has 0 aromatic heterocycles. The van der Waals surface area contributed by atoms with Crippen molar-refractivity contribution in [2.75, 3.05) is 33.3 Å². The van der Waals surface area contributed by atoms with Crippen LogP contribution in [0.3, 0.4) is 0 Å². The lowest BCUT2D eigenvalue weighted by molar-refractivity contribution is -0.152. The smallest absolute Gasteiger partial charge is 0.323 e. The number of carbonyl (C=O) groups excluding carboxylic acids is 5. The van der Waals surface area contributed by atoms with Crippen molar-refractivity contribution in [2.24, 2.45) is 5.92 Å². The topological polar surface area (TPSA) is 137 Å². The molecule has 3 rings (SSSR count). The highest BCUT2D eigenvalue weighted by Crippen LogP contribution is 2.26. The minimum Gasteiger partial charge on any atom is -0.464 e. The molecule has 6 atom stereocenters. The number of aliphatic hydroxyl groups is 1. The van der Waals surface area contributed by atoms with E-state index in [0.29, 0.717) is 31.6 Å². The summed E-state index contributed by atoms with van der Waals surface area (Å²) in [5.74, 6) is -1.11. The van der Waals surface area contributed by atoms with Crippen molar-refractivity contribution < 1.29 is 33.8 Å². The molecule has 196 valence electrons. The highest BCUT2D eigenvalue weighted by molar-refractivity contribution is 5.93. The number of likely N-dealkylation sites (N-methyl/N-ethyl adjacent to an activating group) is 1. The van der Waals surface area contributed by atoms with Crippen molar-refractivity contribution in [3.05, 3.63) is 0 Å². The summed E-state index contributed by atoms with van der Waals surface area (Å²) in [6, 6.07) is -2.58. The summed E-state index contributed by atoms with van der Waals surface area (Å²) in [4.78, 5) is 67.1. The first-order chi connectivity index (χ1) is 16.6. The van der Waals surface area contributed by atoms with Crippen molar-refractivity contribution in [3.63, 3.8) is 0 Å². The molecule has 3 saturated heterocycles. The standard InChI is InChI=1S/C24H38N4O7/c1-15-10-20(26(3)12-15)24(34)35-9-7-21(31)28-13-17(30)11-19(28)23(33)27-8-5-4-6-18(27)22(32)25-16(2)14-29/h14-20,30H,4-13H2,1-3H3,(H,25,32). The molecule has 0 radical (unpaired) electrons. The number of rotatable bonds is 8. The van der Waals surface area contributed by atoms with Gasteiger partial charge < -0.3 is 29.8 Å². The molecule has 3 amide bonds. The number of ether oxygens (including phenoxy) is 1. The molecule has 0 aliphatic carbocycles. The molecular weight excluding hydrogens is 456 g/mol. The SMILES string of the molecule is CC1CC(C(=O)OCCC(=O)N2CC(O)CC2C(=O)N2CCCCC2C(=O)NC(C)C=O)N(C)C1. The Morgan fingerprint density at radius 1 is 1.09 bits per heavy atom. The molecule has 3 heterocycles. The van der Waals surface area contributed by atoms with Gasteiger partial charge in [0.2, 0.25) is 17.7 Å². The number of esters is 1. The third-order valence-corrected chi connectivity index (χ3v) is 7.14. The van der Waals surface area contributed by atoms with Gasteiger partial charge in [-0.25, -0.2) is 0 Å². The summed E-state index contributed by atoms with van der Waals surface area (Å²) in [6.07, 6.45) is 2.46. The second-order valence-electron chi connectivity index (χ2n) is 10.1. The maximum atomic E-state index is 13.4. The van der Waals surface area contributed by atoms with Crippen LogP contribution in [0.5, 0.6) is 0 Å². The third kappa shape index (κ3) is 6.58. The predicted octanol–water partition coefficient (Wildman–Crippen LogP) is -0.694. The average Bonchev–Trinajstić information content (AvgIpc) is 3.39. The lowest BCUT2D eigenvalue weighted by atomic mass is 9.99. The second kappa shape index (κ2) is 11.9. The quantitative estimate of drug-likeness (QED) is 0.334. The molecular formula is C24H38N4O7. The zero-order valence-corrected chi connectivity index (χ0v) is 20.9. The monoisotopic (exact) mass is 494 g/mol. The van der Waals surface area contributed by atoms with Crippen molar-refractivity contribution in [2.45, 2.75) is 82.6 Å². The molecule has 0 aromatic rings. The Balaban J connectivity index is 1.59. The van der Waals surface area contributed by atoms with Crippen LogP contribution in [0, 0.1) is 5.92 Å². The fraction of sp³-hybridized carbons (Fsp3) is 0.792. The number of hydrogen-bond acceptors (Lipinski definition) is 8. The molecule has 6 unspecified atom stereocenters. The lowest BCUT2D eigenvalue weighted by Crippen LogP contribution is -2.57. The van der Waals surface area contributed by atoms with E-state index in [2.05, 4.69) is 12.2 Å². The Morgan fingerprint density at radius 2 is 1.83 bits per heavy atom. The summed E-state index contributed by atoms with van der Waals surface area (Å²) in [5.41, 5.74) is 0. The highest BCUT2D eigenvalue weighted by atomic mass is 16.5. The van der Waals surface area contributed by atoms with E-state index in [1.807, 2.05) is 11.9 Å². The zero-order chi connectivity index (χ0) is 25.7. The number of hydrogen-bond donors (Lipinski definition) is 2. The van der Waals surface area contributed by atoms with Gasteiger partial charge in [-0.05, 0) is 45.6 Å². The zero-order valence-electron chi connectivity index (χ0n) is 20.9. The van der Waals surface area contributed by atoms with Crippen LogP contribution >= 0.6 is 0 Å². The number of nitrogens with one attached hydrogen (secondary N) is 1. The molecule has 3 fully saturated rings. The van der Waals surface area contributed by atoms with E-state index in [4.69, 9.17) is 4.74 Å². The maximum absolute atomic E-state index is 13.4. The van der Waals surface area contributed by atoms with Gasteiger partial charge >= 0.3 is 5.97 Å². The predicted molar refractivity (Wildman–Crippen MR) is 125 cm³/mol. The number of amides is 3. The van der Waals surface area contributed by atoms with Crippen LogP contribution in [0.4, 0.5) is 0 Å². The first-order valence-electron chi connectivity index (χ1n) is 12.5. The van der Waals surface area contributed by atoms with Crippen molar-refractivity contribution >= 4 is 30.0 Å². The van der Waals surface area contributed by atoms with Gasteiger partial charge in [0.1, 0.15) is 31.0 Å². The molecule has 3 aliphatic heterocycles. The van der Waals surface area contributed by atoms with Crippen LogP contribution in [-0.4, -0.2) is 113 Å². The van der Waals surface area contributed by atoms with Crippen LogP contribution in [-0.2, 0) is 28.7 Å². The van der Waals surface area contributed by atoms with E-state index in [-0.39, 0.29) is 49.8 Å². The first-order valence-corrected chi connectivity index (χ1v) is 12.5. The molecule has 11 heteroatoms. The molecule has 0 saturated carbocycles. The van der Waals surface area contributed by atoms with Gasteiger partial charge in [-0.1, -0.05) is 6.92 Å². The van der Waals surface area contributed by atoms with Crippen LogP contribution in [0.25, 0.3) is 0 Å². The Kier molecular flexibility index (Phi) is 9.23. The maximum Gasteiger partial charge on any atom is 0.323 e.